The van der Waals surface area contributed by atoms with Crippen LogP contribution < -0.4 is 10.1 Å². The second-order valence-electron chi connectivity index (χ2n) is 6.61. The number of amides is 1. The molecule has 1 amide bonds. The molecule has 0 spiro atoms. The summed E-state index contributed by atoms with van der Waals surface area (Å²) in [6.07, 6.45) is 3.21. The number of aryl methyl sites for hydroxylation is 1. The molecule has 1 aliphatic carbocycles. The highest BCUT2D eigenvalue weighted by atomic mass is 32.2. The Bertz CT molecular complexity index is 774. The van der Waals surface area contributed by atoms with Gasteiger partial charge in [-0.2, -0.15) is 0 Å². The van der Waals surface area contributed by atoms with E-state index in [1.165, 1.54) is 28.2 Å². The van der Waals surface area contributed by atoms with Crippen molar-refractivity contribution in [3.63, 3.8) is 0 Å². The van der Waals surface area contributed by atoms with Gasteiger partial charge in [-0.25, -0.2) is 0 Å². The van der Waals surface area contributed by atoms with Crippen LogP contribution >= 0.6 is 23.5 Å². The lowest BCUT2D eigenvalue weighted by Crippen LogP contribution is -2.34. The first kappa shape index (κ1) is 17.8. The van der Waals surface area contributed by atoms with Gasteiger partial charge < -0.3 is 10.1 Å². The number of para-hydroxylation sites is 1. The summed E-state index contributed by atoms with van der Waals surface area (Å²) in [6.45, 7) is 0.0672. The minimum atomic E-state index is -0.0479. The lowest BCUT2D eigenvalue weighted by Gasteiger charge is -2.26. The summed E-state index contributed by atoms with van der Waals surface area (Å²) in [5.74, 6) is 3.13. The van der Waals surface area contributed by atoms with Crippen LogP contribution in [0.2, 0.25) is 0 Å². The smallest absolute Gasteiger partial charge is 0.258 e. The monoisotopic (exact) mass is 385 g/mol. The largest absolute Gasteiger partial charge is 0.483 e. The second kappa shape index (κ2) is 8.40. The van der Waals surface area contributed by atoms with Crippen molar-refractivity contribution in [3.8, 4) is 5.75 Å². The van der Waals surface area contributed by atoms with E-state index in [-0.39, 0.29) is 18.6 Å². The lowest BCUT2D eigenvalue weighted by atomic mass is 9.88. The number of fused-ring (bicyclic) bond motifs is 1. The third kappa shape index (κ3) is 4.04. The molecule has 3 nitrogen and oxygen atoms in total. The summed E-state index contributed by atoms with van der Waals surface area (Å²) in [6, 6.07) is 16.6. The normalized spacial score (nSPS) is 19.8. The van der Waals surface area contributed by atoms with Crippen molar-refractivity contribution in [2.24, 2.45) is 0 Å². The van der Waals surface area contributed by atoms with Gasteiger partial charge in [0.05, 0.1) is 10.6 Å². The van der Waals surface area contributed by atoms with E-state index < -0.39 is 0 Å². The Labute approximate surface area is 163 Å². The molecule has 2 aromatic carbocycles. The molecule has 1 aliphatic heterocycles. The molecule has 1 saturated heterocycles. The summed E-state index contributed by atoms with van der Waals surface area (Å²) in [5.41, 5.74) is 3.80. The Morgan fingerprint density at radius 1 is 1.04 bits per heavy atom. The van der Waals surface area contributed by atoms with Crippen LogP contribution in [-0.4, -0.2) is 24.0 Å². The van der Waals surface area contributed by atoms with Crippen LogP contribution in [0.4, 0.5) is 0 Å². The number of carbonyl (C=O) groups excluding carboxylic acids is 1. The fraction of sp³-hybridized carbons (Fsp3) is 0.381. The Kier molecular flexibility index (Phi) is 5.75. The van der Waals surface area contributed by atoms with Gasteiger partial charge in [-0.05, 0) is 36.5 Å². The molecule has 1 atom stereocenters. The van der Waals surface area contributed by atoms with Crippen LogP contribution in [0.15, 0.2) is 48.5 Å². The molecule has 1 N–H and O–H groups in total. The van der Waals surface area contributed by atoms with Crippen LogP contribution in [0.25, 0.3) is 0 Å². The van der Waals surface area contributed by atoms with Crippen LogP contribution in [-0.2, 0) is 11.2 Å². The number of nitrogens with one attached hydrogen (secondary N) is 1. The Morgan fingerprint density at radius 3 is 2.62 bits per heavy atom. The fourth-order valence-electron chi connectivity index (χ4n) is 3.63. The first-order chi connectivity index (χ1) is 12.8. The highest BCUT2D eigenvalue weighted by molar-refractivity contribution is 8.19. The minimum Gasteiger partial charge on any atom is -0.483 e. The predicted molar refractivity (Wildman–Crippen MR) is 110 cm³/mol. The van der Waals surface area contributed by atoms with E-state index in [1.807, 2.05) is 47.8 Å². The number of carbonyl (C=O) groups is 1. The summed E-state index contributed by atoms with van der Waals surface area (Å²) in [5, 5.41) is 3.16. The van der Waals surface area contributed by atoms with E-state index >= 15 is 0 Å². The zero-order valence-corrected chi connectivity index (χ0v) is 16.3. The molecular formula is C21H23NO2S2. The average molecular weight is 386 g/mol. The fourth-order valence-corrected chi connectivity index (χ4v) is 6.54. The molecule has 1 heterocycles. The topological polar surface area (TPSA) is 38.3 Å². The molecule has 2 aliphatic rings. The molecule has 136 valence electrons. The summed E-state index contributed by atoms with van der Waals surface area (Å²) < 4.78 is 6.32. The van der Waals surface area contributed by atoms with Gasteiger partial charge in [0.15, 0.2) is 6.61 Å². The van der Waals surface area contributed by atoms with E-state index in [1.54, 1.807) is 0 Å². The van der Waals surface area contributed by atoms with Crippen molar-refractivity contribution in [1.29, 1.82) is 0 Å². The molecule has 0 aromatic heterocycles. The Hall–Kier alpha value is -1.59. The van der Waals surface area contributed by atoms with Gasteiger partial charge in [-0.1, -0.05) is 42.5 Å². The maximum atomic E-state index is 12.5. The van der Waals surface area contributed by atoms with Crippen molar-refractivity contribution < 1.29 is 9.53 Å². The van der Waals surface area contributed by atoms with Crippen molar-refractivity contribution >= 4 is 29.4 Å². The standard InChI is InChI=1S/C21H23NO2S2/c23-20(22-18-10-5-7-15-6-1-2-8-16(15)18)14-24-19-11-4-3-9-17(19)21-25-12-13-26-21/h1-4,6,8-9,11,18,21H,5,7,10,12-14H2,(H,22,23)/t18-/m0/s1. The van der Waals surface area contributed by atoms with E-state index in [0.29, 0.717) is 4.58 Å². The zero-order chi connectivity index (χ0) is 17.8. The van der Waals surface area contributed by atoms with Crippen molar-refractivity contribution in [2.45, 2.75) is 29.9 Å². The van der Waals surface area contributed by atoms with E-state index in [9.17, 15) is 4.79 Å². The molecule has 5 heteroatoms. The second-order valence-corrected chi connectivity index (χ2v) is 9.34. The molecule has 2 aromatic rings. The molecule has 0 bridgehead atoms. The van der Waals surface area contributed by atoms with E-state index in [0.717, 1.165) is 25.0 Å². The van der Waals surface area contributed by atoms with Gasteiger partial charge in [0, 0.05) is 17.1 Å². The van der Waals surface area contributed by atoms with Crippen molar-refractivity contribution in [1.82, 2.24) is 5.32 Å². The highest BCUT2D eigenvalue weighted by Crippen LogP contribution is 2.48. The number of ether oxygens (including phenoxy) is 1. The van der Waals surface area contributed by atoms with Crippen LogP contribution in [0.5, 0.6) is 5.75 Å². The zero-order valence-electron chi connectivity index (χ0n) is 14.6. The number of hydrogen-bond acceptors (Lipinski definition) is 4. The molecule has 4 rings (SSSR count). The first-order valence-electron chi connectivity index (χ1n) is 9.13. The number of hydrogen-bond donors (Lipinski definition) is 1. The van der Waals surface area contributed by atoms with Crippen LogP contribution in [0.1, 0.15) is 40.2 Å². The molecule has 26 heavy (non-hydrogen) atoms. The SMILES string of the molecule is O=C(COc1ccccc1C1SCCS1)N[C@H]1CCCc2ccccc21. The van der Waals surface area contributed by atoms with Crippen molar-refractivity contribution in [3.05, 3.63) is 65.2 Å². The maximum Gasteiger partial charge on any atom is 0.258 e. The minimum absolute atomic E-state index is 0.0479. The molecule has 0 unspecified atom stereocenters. The average Bonchev–Trinajstić information content (AvgIpc) is 3.21. The van der Waals surface area contributed by atoms with Gasteiger partial charge in [-0.15, -0.1) is 23.5 Å². The lowest BCUT2D eigenvalue weighted by molar-refractivity contribution is -0.124. The van der Waals surface area contributed by atoms with Gasteiger partial charge in [0.1, 0.15) is 5.75 Å². The van der Waals surface area contributed by atoms with E-state index in [2.05, 4.69) is 29.6 Å². The third-order valence-electron chi connectivity index (χ3n) is 4.86. The summed E-state index contributed by atoms with van der Waals surface area (Å²) >= 11 is 3.89. The van der Waals surface area contributed by atoms with Gasteiger partial charge in [-0.3, -0.25) is 4.79 Å². The van der Waals surface area contributed by atoms with Crippen LogP contribution in [0, 0.1) is 0 Å². The predicted octanol–water partition coefficient (Wildman–Crippen LogP) is 4.74. The van der Waals surface area contributed by atoms with Gasteiger partial charge in [0.2, 0.25) is 0 Å². The van der Waals surface area contributed by atoms with Crippen LogP contribution in [0.3, 0.4) is 0 Å². The number of benzene rings is 2. The molecule has 0 saturated carbocycles. The third-order valence-corrected chi connectivity index (χ3v) is 7.93. The number of rotatable bonds is 5. The van der Waals surface area contributed by atoms with Gasteiger partial charge >= 0.3 is 0 Å². The molecule has 0 radical (unpaired) electrons. The van der Waals surface area contributed by atoms with Crippen molar-refractivity contribution in [2.75, 3.05) is 18.1 Å². The quantitative estimate of drug-likeness (QED) is 0.807. The summed E-state index contributed by atoms with van der Waals surface area (Å²) in [7, 11) is 0. The Morgan fingerprint density at radius 2 is 1.77 bits per heavy atom. The summed E-state index contributed by atoms with van der Waals surface area (Å²) in [4.78, 5) is 12.5. The number of thioether (sulfide) groups is 2. The van der Waals surface area contributed by atoms with Gasteiger partial charge in [0.25, 0.3) is 5.91 Å². The first-order valence-corrected chi connectivity index (χ1v) is 11.2. The maximum absolute atomic E-state index is 12.5. The highest BCUT2D eigenvalue weighted by Gasteiger charge is 2.23. The molecule has 1 fully saturated rings. The van der Waals surface area contributed by atoms with E-state index in [4.69, 9.17) is 4.74 Å². The Balaban J connectivity index is 1.38. The molecular weight excluding hydrogens is 362 g/mol.